The highest BCUT2D eigenvalue weighted by atomic mass is 16.3. The van der Waals surface area contributed by atoms with E-state index in [1.165, 1.54) is 32.1 Å². The normalized spacial score (nSPS) is 18.0. The van der Waals surface area contributed by atoms with Crippen molar-refractivity contribution in [2.75, 3.05) is 18.5 Å². The van der Waals surface area contributed by atoms with Crippen molar-refractivity contribution in [3.63, 3.8) is 0 Å². The fourth-order valence-corrected chi connectivity index (χ4v) is 3.68. The number of aliphatic hydroxyl groups excluding tert-OH is 1. The minimum atomic E-state index is -0.105. The third-order valence-electron chi connectivity index (χ3n) is 5.13. The number of nitrogens with zero attached hydrogens (tertiary/aromatic N) is 4. The third kappa shape index (κ3) is 3.53. The van der Waals surface area contributed by atoms with E-state index in [1.807, 2.05) is 16.6 Å². The Morgan fingerprint density at radius 2 is 1.92 bits per heavy atom. The highest BCUT2D eigenvalue weighted by Crippen LogP contribution is 2.39. The summed E-state index contributed by atoms with van der Waals surface area (Å²) in [6.45, 7) is 7.46. The van der Waals surface area contributed by atoms with Gasteiger partial charge in [-0.3, -0.25) is 0 Å². The van der Waals surface area contributed by atoms with Crippen LogP contribution in [0.4, 0.5) is 5.82 Å². The second-order valence-electron chi connectivity index (χ2n) is 8.15. The van der Waals surface area contributed by atoms with E-state index in [9.17, 15) is 5.11 Å². The van der Waals surface area contributed by atoms with Gasteiger partial charge in [0, 0.05) is 18.6 Å². The molecule has 0 bridgehead atoms. The van der Waals surface area contributed by atoms with E-state index < -0.39 is 0 Å². The Hall–Kier alpha value is -1.69. The summed E-state index contributed by atoms with van der Waals surface area (Å²) in [5, 5.41) is 26.2. The number of aromatic nitrogens is 4. The first-order valence-electron chi connectivity index (χ1n) is 9.01. The minimum Gasteiger partial charge on any atom is -0.396 e. The maximum Gasteiger partial charge on any atom is 0.178 e. The van der Waals surface area contributed by atoms with Crippen molar-refractivity contribution >= 4 is 11.5 Å². The van der Waals surface area contributed by atoms with Crippen molar-refractivity contribution in [2.45, 2.75) is 64.7 Å². The first-order chi connectivity index (χ1) is 11.4. The van der Waals surface area contributed by atoms with Crippen molar-refractivity contribution in [3.05, 3.63) is 18.0 Å². The molecule has 0 aliphatic heterocycles. The van der Waals surface area contributed by atoms with Crippen molar-refractivity contribution in [1.29, 1.82) is 0 Å². The fraction of sp³-hybridized carbons (Fsp3) is 0.722. The smallest absolute Gasteiger partial charge is 0.178 e. The fourth-order valence-electron chi connectivity index (χ4n) is 3.68. The van der Waals surface area contributed by atoms with E-state index in [0.29, 0.717) is 0 Å². The molecule has 6 nitrogen and oxygen atoms in total. The van der Waals surface area contributed by atoms with E-state index in [4.69, 9.17) is 5.10 Å². The summed E-state index contributed by atoms with van der Waals surface area (Å²) < 4.78 is 1.84. The zero-order valence-corrected chi connectivity index (χ0v) is 15.0. The molecule has 2 aromatic rings. The van der Waals surface area contributed by atoms with Gasteiger partial charge in [0.2, 0.25) is 0 Å². The van der Waals surface area contributed by atoms with Crippen LogP contribution in [-0.4, -0.2) is 38.1 Å². The third-order valence-corrected chi connectivity index (χ3v) is 5.13. The molecule has 0 atom stereocenters. The lowest BCUT2D eigenvalue weighted by Gasteiger charge is -2.37. The van der Waals surface area contributed by atoms with Crippen LogP contribution in [0.15, 0.2) is 12.1 Å². The van der Waals surface area contributed by atoms with Crippen LogP contribution in [0.5, 0.6) is 0 Å². The number of anilines is 1. The van der Waals surface area contributed by atoms with Crippen molar-refractivity contribution in [1.82, 2.24) is 19.8 Å². The highest BCUT2D eigenvalue weighted by molar-refractivity contribution is 5.44. The van der Waals surface area contributed by atoms with Crippen molar-refractivity contribution in [2.24, 2.45) is 5.41 Å². The molecule has 24 heavy (non-hydrogen) atoms. The van der Waals surface area contributed by atoms with Gasteiger partial charge in [-0.1, -0.05) is 40.0 Å². The summed E-state index contributed by atoms with van der Waals surface area (Å²) >= 11 is 0. The van der Waals surface area contributed by atoms with Gasteiger partial charge in [-0.2, -0.15) is 4.52 Å². The van der Waals surface area contributed by atoms with Crippen LogP contribution in [0, 0.1) is 5.41 Å². The van der Waals surface area contributed by atoms with Gasteiger partial charge in [0.25, 0.3) is 0 Å². The maximum absolute atomic E-state index is 9.46. The van der Waals surface area contributed by atoms with E-state index in [2.05, 4.69) is 36.3 Å². The van der Waals surface area contributed by atoms with Gasteiger partial charge >= 0.3 is 0 Å². The predicted molar refractivity (Wildman–Crippen MR) is 95.2 cm³/mol. The van der Waals surface area contributed by atoms with Gasteiger partial charge in [0.1, 0.15) is 5.82 Å². The molecule has 0 aromatic carbocycles. The quantitative estimate of drug-likeness (QED) is 0.880. The van der Waals surface area contributed by atoms with Crippen LogP contribution in [0.3, 0.4) is 0 Å². The van der Waals surface area contributed by atoms with Gasteiger partial charge in [0.15, 0.2) is 11.5 Å². The Kier molecular flexibility index (Phi) is 4.76. The monoisotopic (exact) mass is 331 g/mol. The summed E-state index contributed by atoms with van der Waals surface area (Å²) in [7, 11) is 0. The molecule has 2 aromatic heterocycles. The zero-order valence-electron chi connectivity index (χ0n) is 15.0. The topological polar surface area (TPSA) is 75.3 Å². The Labute approximate surface area is 143 Å². The largest absolute Gasteiger partial charge is 0.396 e. The molecule has 3 rings (SSSR count). The van der Waals surface area contributed by atoms with Gasteiger partial charge < -0.3 is 10.4 Å². The van der Waals surface area contributed by atoms with E-state index in [0.717, 1.165) is 30.3 Å². The summed E-state index contributed by atoms with van der Waals surface area (Å²) in [6, 6.07) is 3.92. The minimum absolute atomic E-state index is 0.105. The standard InChI is InChI=1S/C18H29N5O/c1-17(2,3)16-21-20-15-8-7-14(22-23(15)16)19-13-18(11-12-24)9-5-4-6-10-18/h7-8,24H,4-6,9-13H2,1-3H3,(H,19,22). The zero-order chi connectivity index (χ0) is 17.2. The summed E-state index contributed by atoms with van der Waals surface area (Å²) in [5.41, 5.74) is 0.865. The van der Waals surface area contributed by atoms with Crippen LogP contribution >= 0.6 is 0 Å². The van der Waals surface area contributed by atoms with Crippen LogP contribution in [0.1, 0.15) is 65.1 Å². The second kappa shape index (κ2) is 6.67. The molecule has 0 unspecified atom stereocenters. The molecular formula is C18H29N5O. The average molecular weight is 331 g/mol. The second-order valence-corrected chi connectivity index (χ2v) is 8.15. The Balaban J connectivity index is 1.79. The number of nitrogens with one attached hydrogen (secondary N) is 1. The van der Waals surface area contributed by atoms with Crippen LogP contribution in [-0.2, 0) is 5.41 Å². The summed E-state index contributed by atoms with van der Waals surface area (Å²) in [6.07, 6.45) is 7.06. The molecule has 0 saturated heterocycles. The summed E-state index contributed by atoms with van der Waals surface area (Å²) in [5.74, 6) is 1.71. The number of rotatable bonds is 5. The molecule has 0 spiro atoms. The van der Waals surface area contributed by atoms with Crippen molar-refractivity contribution in [3.8, 4) is 0 Å². The molecule has 1 saturated carbocycles. The van der Waals surface area contributed by atoms with Crippen LogP contribution < -0.4 is 5.32 Å². The van der Waals surface area contributed by atoms with E-state index in [1.54, 1.807) is 0 Å². The van der Waals surface area contributed by atoms with Gasteiger partial charge in [-0.05, 0) is 36.8 Å². The molecular weight excluding hydrogens is 302 g/mol. The molecule has 0 radical (unpaired) electrons. The molecule has 1 aliphatic carbocycles. The highest BCUT2D eigenvalue weighted by Gasteiger charge is 2.31. The van der Waals surface area contributed by atoms with Gasteiger partial charge in [0.05, 0.1) is 0 Å². The molecule has 0 amide bonds. The number of fused-ring (bicyclic) bond motifs is 1. The summed E-state index contributed by atoms with van der Waals surface area (Å²) in [4.78, 5) is 0. The molecule has 1 aliphatic rings. The Bertz CT molecular complexity index is 677. The lowest BCUT2D eigenvalue weighted by molar-refractivity contribution is 0.141. The lowest BCUT2D eigenvalue weighted by atomic mass is 9.72. The Morgan fingerprint density at radius 1 is 1.17 bits per heavy atom. The molecule has 6 heteroatoms. The first kappa shape index (κ1) is 17.1. The lowest BCUT2D eigenvalue weighted by Crippen LogP contribution is -2.33. The number of hydrogen-bond donors (Lipinski definition) is 2. The van der Waals surface area contributed by atoms with Gasteiger partial charge in [-0.25, -0.2) is 0 Å². The predicted octanol–water partition coefficient (Wildman–Crippen LogP) is 3.17. The van der Waals surface area contributed by atoms with Crippen molar-refractivity contribution < 1.29 is 5.11 Å². The molecule has 1 fully saturated rings. The average Bonchev–Trinajstić information content (AvgIpc) is 2.97. The van der Waals surface area contributed by atoms with E-state index in [-0.39, 0.29) is 17.4 Å². The number of hydrogen-bond acceptors (Lipinski definition) is 5. The van der Waals surface area contributed by atoms with E-state index >= 15 is 0 Å². The van der Waals surface area contributed by atoms with Crippen LogP contribution in [0.25, 0.3) is 5.65 Å². The molecule has 2 heterocycles. The van der Waals surface area contributed by atoms with Gasteiger partial charge in [-0.15, -0.1) is 15.3 Å². The SMILES string of the molecule is CC(C)(C)c1nnc2ccc(NCC3(CCO)CCCCC3)nn12. The molecule has 132 valence electrons. The Morgan fingerprint density at radius 3 is 2.58 bits per heavy atom. The number of aliphatic hydroxyl groups is 1. The first-order valence-corrected chi connectivity index (χ1v) is 9.01. The van der Waals surface area contributed by atoms with Crippen LogP contribution in [0.2, 0.25) is 0 Å². The maximum atomic E-state index is 9.46. The molecule has 2 N–H and O–H groups in total.